The number of rotatable bonds is 3. The van der Waals surface area contributed by atoms with E-state index in [0.29, 0.717) is 11.9 Å². The zero-order valence-corrected chi connectivity index (χ0v) is 10.4. The SMILES string of the molecule is CCCC1CCCCN1C(=O)[C@H]1CCCN1. The first kappa shape index (κ1) is 11.9. The number of amides is 1. The first-order valence-electron chi connectivity index (χ1n) is 6.86. The Kier molecular flexibility index (Phi) is 4.22. The van der Waals surface area contributed by atoms with Crippen molar-refractivity contribution < 1.29 is 4.79 Å². The summed E-state index contributed by atoms with van der Waals surface area (Å²) in [6, 6.07) is 0.645. The van der Waals surface area contributed by atoms with Gasteiger partial charge in [0.1, 0.15) is 0 Å². The Morgan fingerprint density at radius 1 is 1.31 bits per heavy atom. The molecule has 0 aromatic carbocycles. The number of carbonyl (C=O) groups excluding carboxylic acids is 1. The molecule has 0 aliphatic carbocycles. The van der Waals surface area contributed by atoms with Crippen molar-refractivity contribution in [2.45, 2.75) is 64.0 Å². The predicted molar refractivity (Wildman–Crippen MR) is 65.3 cm³/mol. The van der Waals surface area contributed by atoms with Gasteiger partial charge >= 0.3 is 0 Å². The number of piperidine rings is 1. The molecular weight excluding hydrogens is 200 g/mol. The lowest BCUT2D eigenvalue weighted by molar-refractivity contribution is -0.136. The average Bonchev–Trinajstić information content (AvgIpc) is 2.83. The fourth-order valence-electron chi connectivity index (χ4n) is 3.02. The second-order valence-corrected chi connectivity index (χ2v) is 5.12. The molecule has 2 rings (SSSR count). The highest BCUT2D eigenvalue weighted by atomic mass is 16.2. The van der Waals surface area contributed by atoms with Crippen LogP contribution < -0.4 is 5.32 Å². The minimum atomic E-state index is 0.123. The standard InChI is InChI=1S/C13H24N2O/c1-2-6-11-7-3-4-10-15(11)13(16)12-8-5-9-14-12/h11-12,14H,2-10H2,1H3/t11?,12-/m1/s1. The molecule has 1 unspecified atom stereocenters. The number of carbonyl (C=O) groups is 1. The highest BCUT2D eigenvalue weighted by Gasteiger charge is 2.32. The lowest BCUT2D eigenvalue weighted by Gasteiger charge is -2.37. The molecule has 0 saturated carbocycles. The van der Waals surface area contributed by atoms with E-state index in [1.807, 2.05) is 0 Å². The van der Waals surface area contributed by atoms with Crippen molar-refractivity contribution in [1.29, 1.82) is 0 Å². The molecule has 2 heterocycles. The van der Waals surface area contributed by atoms with Crippen LogP contribution in [-0.4, -0.2) is 36.0 Å². The Morgan fingerprint density at radius 3 is 2.88 bits per heavy atom. The normalized spacial score (nSPS) is 30.7. The van der Waals surface area contributed by atoms with Crippen LogP contribution in [0.5, 0.6) is 0 Å². The summed E-state index contributed by atoms with van der Waals surface area (Å²) in [6.07, 6.45) is 8.26. The van der Waals surface area contributed by atoms with Gasteiger partial charge in [0.2, 0.25) is 5.91 Å². The van der Waals surface area contributed by atoms with Crippen molar-refractivity contribution in [2.24, 2.45) is 0 Å². The van der Waals surface area contributed by atoms with E-state index in [1.165, 1.54) is 32.1 Å². The predicted octanol–water partition coefficient (Wildman–Crippen LogP) is 1.92. The molecular formula is C13H24N2O. The molecule has 16 heavy (non-hydrogen) atoms. The quantitative estimate of drug-likeness (QED) is 0.794. The van der Waals surface area contributed by atoms with Gasteiger partial charge in [-0.1, -0.05) is 13.3 Å². The summed E-state index contributed by atoms with van der Waals surface area (Å²) in [6.45, 7) is 4.22. The molecule has 2 aliphatic rings. The van der Waals surface area contributed by atoms with E-state index in [0.717, 1.165) is 25.9 Å². The van der Waals surface area contributed by atoms with Gasteiger partial charge in [0.15, 0.2) is 0 Å². The first-order chi connectivity index (χ1) is 7.83. The molecule has 2 fully saturated rings. The second-order valence-electron chi connectivity index (χ2n) is 5.12. The molecule has 92 valence electrons. The average molecular weight is 224 g/mol. The maximum atomic E-state index is 12.3. The number of hydrogen-bond donors (Lipinski definition) is 1. The monoisotopic (exact) mass is 224 g/mol. The molecule has 2 saturated heterocycles. The molecule has 0 spiro atoms. The third-order valence-electron chi connectivity index (χ3n) is 3.89. The van der Waals surface area contributed by atoms with Crippen molar-refractivity contribution in [1.82, 2.24) is 10.2 Å². The molecule has 0 aromatic heterocycles. The largest absolute Gasteiger partial charge is 0.338 e. The van der Waals surface area contributed by atoms with E-state index < -0.39 is 0 Å². The van der Waals surface area contributed by atoms with Crippen LogP contribution in [0.2, 0.25) is 0 Å². The van der Waals surface area contributed by atoms with E-state index >= 15 is 0 Å². The van der Waals surface area contributed by atoms with Gasteiger partial charge in [0.05, 0.1) is 6.04 Å². The Balaban J connectivity index is 1.95. The minimum Gasteiger partial charge on any atom is -0.338 e. The lowest BCUT2D eigenvalue weighted by atomic mass is 9.97. The lowest BCUT2D eigenvalue weighted by Crippen LogP contribution is -2.50. The van der Waals surface area contributed by atoms with Gasteiger partial charge in [-0.25, -0.2) is 0 Å². The topological polar surface area (TPSA) is 32.3 Å². The molecule has 0 aromatic rings. The summed E-state index contributed by atoms with van der Waals surface area (Å²) in [5.74, 6) is 0.371. The van der Waals surface area contributed by atoms with Crippen LogP contribution in [-0.2, 0) is 4.79 Å². The first-order valence-corrected chi connectivity index (χ1v) is 6.86. The smallest absolute Gasteiger partial charge is 0.239 e. The van der Waals surface area contributed by atoms with Gasteiger partial charge < -0.3 is 10.2 Å². The summed E-state index contributed by atoms with van der Waals surface area (Å²) in [4.78, 5) is 14.5. The molecule has 0 bridgehead atoms. The third kappa shape index (κ3) is 2.57. The van der Waals surface area contributed by atoms with Gasteiger partial charge in [0, 0.05) is 12.6 Å². The van der Waals surface area contributed by atoms with E-state index in [4.69, 9.17) is 0 Å². The van der Waals surface area contributed by atoms with Gasteiger partial charge in [0.25, 0.3) is 0 Å². The van der Waals surface area contributed by atoms with Crippen molar-refractivity contribution in [3.8, 4) is 0 Å². The van der Waals surface area contributed by atoms with Gasteiger partial charge in [-0.3, -0.25) is 4.79 Å². The zero-order chi connectivity index (χ0) is 11.4. The van der Waals surface area contributed by atoms with Crippen molar-refractivity contribution in [2.75, 3.05) is 13.1 Å². The molecule has 3 heteroatoms. The van der Waals surface area contributed by atoms with E-state index in [2.05, 4.69) is 17.1 Å². The Morgan fingerprint density at radius 2 is 2.19 bits per heavy atom. The van der Waals surface area contributed by atoms with Crippen LogP contribution in [0.4, 0.5) is 0 Å². The summed E-state index contributed by atoms with van der Waals surface area (Å²) < 4.78 is 0. The van der Waals surface area contributed by atoms with Crippen molar-refractivity contribution >= 4 is 5.91 Å². The molecule has 2 aliphatic heterocycles. The third-order valence-corrected chi connectivity index (χ3v) is 3.89. The van der Waals surface area contributed by atoms with Crippen LogP contribution in [0.1, 0.15) is 51.9 Å². The molecule has 1 N–H and O–H groups in total. The van der Waals surface area contributed by atoms with Gasteiger partial charge in [-0.15, -0.1) is 0 Å². The fourth-order valence-corrected chi connectivity index (χ4v) is 3.02. The molecule has 3 nitrogen and oxygen atoms in total. The Labute approximate surface area is 98.6 Å². The highest BCUT2D eigenvalue weighted by molar-refractivity contribution is 5.82. The van der Waals surface area contributed by atoms with E-state index in [1.54, 1.807) is 0 Å². The van der Waals surface area contributed by atoms with E-state index in [-0.39, 0.29) is 6.04 Å². The molecule has 2 atom stereocenters. The zero-order valence-electron chi connectivity index (χ0n) is 10.4. The number of nitrogens with zero attached hydrogens (tertiary/aromatic N) is 1. The maximum absolute atomic E-state index is 12.3. The maximum Gasteiger partial charge on any atom is 0.239 e. The molecule has 1 amide bonds. The molecule has 0 radical (unpaired) electrons. The highest BCUT2D eigenvalue weighted by Crippen LogP contribution is 2.23. The van der Waals surface area contributed by atoms with Gasteiger partial charge in [-0.05, 0) is 45.1 Å². The van der Waals surface area contributed by atoms with E-state index in [9.17, 15) is 4.79 Å². The van der Waals surface area contributed by atoms with Crippen molar-refractivity contribution in [3.63, 3.8) is 0 Å². The number of likely N-dealkylation sites (tertiary alicyclic amines) is 1. The summed E-state index contributed by atoms with van der Waals surface area (Å²) in [7, 11) is 0. The van der Waals surface area contributed by atoms with Crippen LogP contribution in [0, 0.1) is 0 Å². The summed E-state index contributed by atoms with van der Waals surface area (Å²) in [5, 5.41) is 3.33. The Hall–Kier alpha value is -0.570. The van der Waals surface area contributed by atoms with Crippen LogP contribution >= 0.6 is 0 Å². The van der Waals surface area contributed by atoms with Crippen molar-refractivity contribution in [3.05, 3.63) is 0 Å². The van der Waals surface area contributed by atoms with Crippen LogP contribution in [0.3, 0.4) is 0 Å². The minimum absolute atomic E-state index is 0.123. The number of hydrogen-bond acceptors (Lipinski definition) is 2. The number of nitrogens with one attached hydrogen (secondary N) is 1. The summed E-state index contributed by atoms with van der Waals surface area (Å²) in [5.41, 5.74) is 0. The fraction of sp³-hybridized carbons (Fsp3) is 0.923. The van der Waals surface area contributed by atoms with Crippen LogP contribution in [0.25, 0.3) is 0 Å². The second kappa shape index (κ2) is 5.67. The summed E-state index contributed by atoms with van der Waals surface area (Å²) >= 11 is 0. The van der Waals surface area contributed by atoms with Crippen LogP contribution in [0.15, 0.2) is 0 Å². The van der Waals surface area contributed by atoms with Gasteiger partial charge in [-0.2, -0.15) is 0 Å². The Bertz CT molecular complexity index is 234.